The topological polar surface area (TPSA) is 0 Å². The van der Waals surface area contributed by atoms with Gasteiger partial charge >= 0.3 is 0 Å². The summed E-state index contributed by atoms with van der Waals surface area (Å²) in [6, 6.07) is 0. The van der Waals surface area contributed by atoms with Crippen molar-refractivity contribution in [1.29, 1.82) is 0 Å². The summed E-state index contributed by atoms with van der Waals surface area (Å²) in [5.41, 5.74) is 0. The lowest BCUT2D eigenvalue weighted by Gasteiger charge is -1.92. The number of rotatable bonds is 0. The van der Waals surface area contributed by atoms with Gasteiger partial charge in [0.05, 0.1) is 6.92 Å². The number of halogens is 1. The zero-order chi connectivity index (χ0) is 4.50. The van der Waals surface area contributed by atoms with Crippen LogP contribution in [-0.4, -0.2) is 4.32 Å². The molecule has 29 valence electrons. The van der Waals surface area contributed by atoms with E-state index >= 15 is 0 Å². The monoisotopic (exact) mass is 134 g/mol. The molecule has 0 aliphatic carbocycles. The number of hydrogen-bond acceptors (Lipinski definition) is 0. The van der Waals surface area contributed by atoms with Crippen LogP contribution in [0.25, 0.3) is 0 Å². The van der Waals surface area contributed by atoms with E-state index in [-0.39, 0.29) is 4.32 Å². The SMILES string of the molecule is [CH2]C([CH2+])(C)Br. The molecule has 0 aliphatic heterocycles. The first-order chi connectivity index (χ1) is 2.00. The minimum Gasteiger partial charge on any atom is -0.0316 e. The third-order valence-corrected chi connectivity index (χ3v) is 0. The van der Waals surface area contributed by atoms with Crippen molar-refractivity contribution < 1.29 is 0 Å². The van der Waals surface area contributed by atoms with E-state index in [9.17, 15) is 0 Å². The van der Waals surface area contributed by atoms with Gasteiger partial charge in [-0.2, -0.15) is 0 Å². The van der Waals surface area contributed by atoms with Gasteiger partial charge in [-0.05, 0) is 22.9 Å². The fraction of sp³-hybridized carbons (Fsp3) is 0.500. The molecule has 1 heteroatoms. The Bertz CT molecular complexity index is 19.1. The molecule has 0 rings (SSSR count). The first-order valence-corrected chi connectivity index (χ1v) is 2.19. The molecule has 0 heterocycles. The maximum atomic E-state index is 3.58. The fourth-order valence-corrected chi connectivity index (χ4v) is 0. The quantitative estimate of drug-likeness (QED) is 0.351. The molecule has 0 atom stereocenters. The van der Waals surface area contributed by atoms with Crippen LogP contribution in [0, 0.1) is 13.8 Å². The lowest BCUT2D eigenvalue weighted by molar-refractivity contribution is 1.03. The standard InChI is InChI=1S/C4H7Br/c1-4(2,3)5/h1-2H2,3H3/q+1. The Kier molecular flexibility index (Phi) is 1.30. The van der Waals surface area contributed by atoms with Crippen LogP contribution in [0.3, 0.4) is 0 Å². The Morgan fingerprint density at radius 2 is 2.00 bits per heavy atom. The molecule has 5 heavy (non-hydrogen) atoms. The highest BCUT2D eigenvalue weighted by atomic mass is 79.9. The Morgan fingerprint density at radius 3 is 2.00 bits per heavy atom. The van der Waals surface area contributed by atoms with Crippen molar-refractivity contribution >= 4 is 15.9 Å². The van der Waals surface area contributed by atoms with Crippen molar-refractivity contribution in [3.63, 3.8) is 0 Å². The summed E-state index contributed by atoms with van der Waals surface area (Å²) >= 11 is 3.15. The van der Waals surface area contributed by atoms with E-state index in [0.29, 0.717) is 0 Å². The van der Waals surface area contributed by atoms with Gasteiger partial charge in [-0.15, -0.1) is 0 Å². The predicted octanol–water partition coefficient (Wildman–Crippen LogP) is 1.81. The summed E-state index contributed by atoms with van der Waals surface area (Å²) < 4.78 is -0.188. The maximum absolute atomic E-state index is 3.58. The largest absolute Gasteiger partial charge is 0.156 e. The number of hydrogen-bond donors (Lipinski definition) is 0. The molecule has 0 aromatic rings. The van der Waals surface area contributed by atoms with E-state index in [1.54, 1.807) is 0 Å². The molecule has 0 fully saturated rings. The Balaban J connectivity index is 3.02. The van der Waals surface area contributed by atoms with Crippen molar-refractivity contribution in [2.45, 2.75) is 11.2 Å². The van der Waals surface area contributed by atoms with E-state index in [2.05, 4.69) is 29.8 Å². The molecule has 0 bridgehead atoms. The highest BCUT2D eigenvalue weighted by molar-refractivity contribution is 9.10. The minimum absolute atomic E-state index is 0.188. The van der Waals surface area contributed by atoms with Crippen LogP contribution in [0.1, 0.15) is 6.92 Å². The molecule has 0 aromatic carbocycles. The maximum Gasteiger partial charge on any atom is 0.156 e. The van der Waals surface area contributed by atoms with Gasteiger partial charge in [0.25, 0.3) is 0 Å². The lowest BCUT2D eigenvalue weighted by atomic mass is 10.3. The number of alkyl halides is 1. The molecule has 0 unspecified atom stereocenters. The van der Waals surface area contributed by atoms with Crippen LogP contribution in [0.5, 0.6) is 0 Å². The first kappa shape index (κ1) is 5.35. The zero-order valence-electron chi connectivity index (χ0n) is 3.29. The molecule has 0 spiro atoms. The van der Waals surface area contributed by atoms with Crippen LogP contribution in [0.4, 0.5) is 0 Å². The average Bonchev–Trinajstić information content (AvgIpc) is 0.722. The van der Waals surface area contributed by atoms with Crippen LogP contribution in [0.2, 0.25) is 0 Å². The van der Waals surface area contributed by atoms with Crippen molar-refractivity contribution in [2.75, 3.05) is 0 Å². The van der Waals surface area contributed by atoms with Gasteiger partial charge in [0.15, 0.2) is 4.32 Å². The molecule has 0 aliphatic rings. The van der Waals surface area contributed by atoms with Crippen LogP contribution < -0.4 is 0 Å². The highest BCUT2D eigenvalue weighted by Crippen LogP contribution is 2.10. The van der Waals surface area contributed by atoms with Gasteiger partial charge in [0.1, 0.15) is 0 Å². The van der Waals surface area contributed by atoms with Crippen LogP contribution in [0.15, 0.2) is 0 Å². The molecule has 0 saturated carbocycles. The second kappa shape index (κ2) is 1.21. The van der Waals surface area contributed by atoms with Gasteiger partial charge < -0.3 is 0 Å². The van der Waals surface area contributed by atoms with Crippen LogP contribution >= 0.6 is 15.9 Å². The van der Waals surface area contributed by atoms with Crippen molar-refractivity contribution in [3.05, 3.63) is 13.8 Å². The molecular weight excluding hydrogens is 128 g/mol. The summed E-state index contributed by atoms with van der Waals surface area (Å²) in [6.07, 6.45) is 0. The lowest BCUT2D eigenvalue weighted by Crippen LogP contribution is -1.99. The zero-order valence-corrected chi connectivity index (χ0v) is 4.88. The second-order valence-corrected chi connectivity index (χ2v) is 3.33. The minimum atomic E-state index is -0.188. The van der Waals surface area contributed by atoms with E-state index in [1.807, 2.05) is 6.92 Å². The van der Waals surface area contributed by atoms with Gasteiger partial charge in [-0.1, -0.05) is 0 Å². The van der Waals surface area contributed by atoms with Gasteiger partial charge in [0.2, 0.25) is 0 Å². The summed E-state index contributed by atoms with van der Waals surface area (Å²) in [4.78, 5) is 0. The Hall–Kier alpha value is 0.350. The molecule has 1 radical (unpaired) electrons. The third kappa shape index (κ3) is 196. The smallest absolute Gasteiger partial charge is 0.0316 e. The van der Waals surface area contributed by atoms with Gasteiger partial charge in [-0.25, -0.2) is 0 Å². The Labute approximate surface area is 41.7 Å². The summed E-state index contributed by atoms with van der Waals surface area (Å²) in [6.45, 7) is 9.03. The molecule has 0 amide bonds. The molecule has 0 N–H and O–H groups in total. The Morgan fingerprint density at radius 1 is 2.00 bits per heavy atom. The van der Waals surface area contributed by atoms with Gasteiger partial charge in [0, 0.05) is 6.92 Å². The van der Waals surface area contributed by atoms with Crippen molar-refractivity contribution in [2.24, 2.45) is 0 Å². The molecule has 0 aromatic heterocycles. The van der Waals surface area contributed by atoms with Crippen LogP contribution in [-0.2, 0) is 0 Å². The summed E-state index contributed by atoms with van der Waals surface area (Å²) in [5, 5.41) is 0. The van der Waals surface area contributed by atoms with Crippen molar-refractivity contribution in [1.82, 2.24) is 0 Å². The fourth-order valence-electron chi connectivity index (χ4n) is 0. The highest BCUT2D eigenvalue weighted by Gasteiger charge is 2.09. The summed E-state index contributed by atoms with van der Waals surface area (Å²) in [7, 11) is 0. The average molecular weight is 135 g/mol. The van der Waals surface area contributed by atoms with E-state index < -0.39 is 0 Å². The normalized spacial score (nSPS) is 11.8. The molecule has 0 saturated heterocycles. The summed E-state index contributed by atoms with van der Waals surface area (Å²) in [5.74, 6) is 0. The second-order valence-electron chi connectivity index (χ2n) is 1.41. The first-order valence-electron chi connectivity index (χ1n) is 1.40. The van der Waals surface area contributed by atoms with Crippen molar-refractivity contribution in [3.8, 4) is 0 Å². The van der Waals surface area contributed by atoms with E-state index in [1.165, 1.54) is 0 Å². The third-order valence-electron chi connectivity index (χ3n) is 0. The van der Waals surface area contributed by atoms with E-state index in [4.69, 9.17) is 0 Å². The predicted molar refractivity (Wildman–Crippen MR) is 28.0 cm³/mol. The van der Waals surface area contributed by atoms with Gasteiger partial charge in [-0.3, -0.25) is 0 Å². The molecular formula is C4H7Br+. The van der Waals surface area contributed by atoms with E-state index in [0.717, 1.165) is 0 Å². The molecule has 0 nitrogen and oxygen atoms in total.